The van der Waals surface area contributed by atoms with Crippen molar-refractivity contribution in [2.24, 2.45) is 0 Å². The summed E-state index contributed by atoms with van der Waals surface area (Å²) in [5.41, 5.74) is 9.16. The maximum absolute atomic E-state index is 11.5. The van der Waals surface area contributed by atoms with E-state index < -0.39 is 0 Å². The van der Waals surface area contributed by atoms with Gasteiger partial charge in [0, 0.05) is 60.6 Å². The van der Waals surface area contributed by atoms with Crippen molar-refractivity contribution in [3.05, 3.63) is 52.6 Å². The number of rotatable bonds is 5. The summed E-state index contributed by atoms with van der Waals surface area (Å²) < 4.78 is 0. The van der Waals surface area contributed by atoms with Crippen LogP contribution in [0.1, 0.15) is 105 Å². The first-order chi connectivity index (χ1) is 19.1. The molecule has 5 N–H and O–H groups in total. The van der Waals surface area contributed by atoms with Crippen molar-refractivity contribution in [3.8, 4) is 33.8 Å². The van der Waals surface area contributed by atoms with E-state index in [1.54, 1.807) is 0 Å². The molecule has 0 aliphatic rings. The third-order valence-corrected chi connectivity index (χ3v) is 8.03. The highest BCUT2D eigenvalue weighted by atomic mass is 16.3. The van der Waals surface area contributed by atoms with Gasteiger partial charge >= 0.3 is 0 Å². The van der Waals surface area contributed by atoms with Crippen molar-refractivity contribution in [2.45, 2.75) is 105 Å². The molecule has 0 fully saturated rings. The second-order valence-electron chi connectivity index (χ2n) is 15.6. The first-order valence-corrected chi connectivity index (χ1v) is 15.0. The van der Waals surface area contributed by atoms with Gasteiger partial charge in [-0.15, -0.1) is 0 Å². The van der Waals surface area contributed by atoms with E-state index in [4.69, 9.17) is 0 Å². The average Bonchev–Trinajstić information content (AvgIpc) is 2.85. The lowest BCUT2D eigenvalue weighted by Gasteiger charge is -2.31. The Labute approximate surface area is 255 Å². The Morgan fingerprint density at radius 1 is 0.476 bits per heavy atom. The van der Waals surface area contributed by atoms with Gasteiger partial charge < -0.3 is 26.2 Å². The van der Waals surface area contributed by atoms with Crippen LogP contribution in [-0.4, -0.2) is 31.4 Å². The molecule has 229 valence electrons. The molecule has 0 heterocycles. The van der Waals surface area contributed by atoms with E-state index in [0.29, 0.717) is 11.5 Å². The highest BCUT2D eigenvalue weighted by Gasteiger charge is 2.31. The fourth-order valence-electron chi connectivity index (χ4n) is 5.67. The highest BCUT2D eigenvalue weighted by Crippen LogP contribution is 2.51. The smallest absolute Gasteiger partial charge is 0.123 e. The van der Waals surface area contributed by atoms with Crippen LogP contribution in [0.5, 0.6) is 11.5 Å². The summed E-state index contributed by atoms with van der Waals surface area (Å²) in [6.07, 6.45) is 0. The zero-order chi connectivity index (χ0) is 32.2. The molecule has 5 nitrogen and oxygen atoms in total. The molecule has 0 aromatic heterocycles. The number of benzene rings is 3. The molecule has 5 heteroatoms. The molecule has 0 aliphatic carbocycles. The molecule has 0 saturated carbocycles. The van der Waals surface area contributed by atoms with Gasteiger partial charge in [0.25, 0.3) is 0 Å². The Hall–Kier alpha value is -3.34. The molecule has 3 aromatic rings. The zero-order valence-electron chi connectivity index (χ0n) is 28.7. The van der Waals surface area contributed by atoms with Gasteiger partial charge in [0.1, 0.15) is 11.5 Å². The molecule has 3 aromatic carbocycles. The minimum Gasteiger partial charge on any atom is -0.507 e. The second kappa shape index (κ2) is 11.1. The SMILES string of the molecule is CNc1[c]c(NC)c(-c2cc(C(C)(C)C)c(O)c(C(C)(C)C)c2)c(NC)c1-c1cc(C(C)(C)C)c(O)c(C(C)(C)C)c1. The number of aromatic hydroxyl groups is 2. The van der Waals surface area contributed by atoms with Crippen LogP contribution in [-0.2, 0) is 21.7 Å². The van der Waals surface area contributed by atoms with E-state index in [1.807, 2.05) is 21.1 Å². The average molecular weight is 573 g/mol. The normalized spacial score (nSPS) is 12.8. The summed E-state index contributed by atoms with van der Waals surface area (Å²) >= 11 is 0. The molecular weight excluding hydrogens is 518 g/mol. The molecular formula is C37H54N3O2. The number of hydrogen-bond donors (Lipinski definition) is 5. The molecule has 42 heavy (non-hydrogen) atoms. The minimum absolute atomic E-state index is 0.267. The molecule has 1 radical (unpaired) electrons. The van der Waals surface area contributed by atoms with Crippen LogP contribution >= 0.6 is 0 Å². The van der Waals surface area contributed by atoms with Gasteiger partial charge in [-0.25, -0.2) is 0 Å². The molecule has 0 amide bonds. The number of anilines is 3. The van der Waals surface area contributed by atoms with Crippen LogP contribution in [0.15, 0.2) is 24.3 Å². The van der Waals surface area contributed by atoms with Crippen molar-refractivity contribution in [1.82, 2.24) is 0 Å². The van der Waals surface area contributed by atoms with Crippen LogP contribution in [0.2, 0.25) is 0 Å². The third kappa shape index (κ3) is 6.21. The van der Waals surface area contributed by atoms with Crippen molar-refractivity contribution < 1.29 is 10.2 Å². The lowest BCUT2D eigenvalue weighted by atomic mass is 9.76. The highest BCUT2D eigenvalue weighted by molar-refractivity contribution is 6.03. The first kappa shape index (κ1) is 33.2. The summed E-state index contributed by atoms with van der Waals surface area (Å²) in [6.45, 7) is 25.6. The number of phenolic OH excluding ortho intramolecular Hbond substituents is 2. The standard InChI is InChI=1S/C37H54N3O2/c1-34(2,3)23-16-21(17-24(32(23)41)35(4,5)6)29-27(38-13)20-28(39-14)30(31(29)40-15)22-18-25(36(7,8)9)33(42)26(19-22)37(10,11)12/h16-19,38-42H,1-15H3. The van der Waals surface area contributed by atoms with Crippen molar-refractivity contribution in [2.75, 3.05) is 37.1 Å². The van der Waals surface area contributed by atoms with Gasteiger partial charge in [-0.3, -0.25) is 0 Å². The van der Waals surface area contributed by atoms with Gasteiger partial charge in [-0.1, -0.05) is 83.1 Å². The van der Waals surface area contributed by atoms with Crippen LogP contribution in [0.4, 0.5) is 17.1 Å². The third-order valence-electron chi connectivity index (χ3n) is 8.03. The van der Waals surface area contributed by atoms with Crippen LogP contribution in [0, 0.1) is 6.07 Å². The van der Waals surface area contributed by atoms with Gasteiger partial charge in [0.2, 0.25) is 0 Å². The summed E-state index contributed by atoms with van der Waals surface area (Å²) in [6, 6.07) is 12.1. The fraction of sp³-hybridized carbons (Fsp3) is 0.514. The van der Waals surface area contributed by atoms with Gasteiger partial charge in [-0.2, -0.15) is 0 Å². The second-order valence-corrected chi connectivity index (χ2v) is 15.6. The Morgan fingerprint density at radius 3 is 0.929 bits per heavy atom. The minimum atomic E-state index is -0.267. The lowest BCUT2D eigenvalue weighted by molar-refractivity contribution is 0.422. The Morgan fingerprint density at radius 2 is 0.738 bits per heavy atom. The quantitative estimate of drug-likeness (QED) is 0.210. The van der Waals surface area contributed by atoms with Crippen LogP contribution < -0.4 is 16.0 Å². The fourth-order valence-corrected chi connectivity index (χ4v) is 5.67. The summed E-state index contributed by atoms with van der Waals surface area (Å²) in [5, 5.41) is 33.3. The molecule has 0 aliphatic heterocycles. The zero-order valence-corrected chi connectivity index (χ0v) is 28.7. The van der Waals surface area contributed by atoms with Gasteiger partial charge in [0.15, 0.2) is 0 Å². The number of nitrogens with one attached hydrogen (secondary N) is 3. The van der Waals surface area contributed by atoms with Crippen molar-refractivity contribution >= 4 is 17.1 Å². The maximum atomic E-state index is 11.5. The first-order valence-electron chi connectivity index (χ1n) is 15.0. The van der Waals surface area contributed by atoms with Crippen molar-refractivity contribution in [3.63, 3.8) is 0 Å². The van der Waals surface area contributed by atoms with E-state index in [-0.39, 0.29) is 21.7 Å². The summed E-state index contributed by atoms with van der Waals surface area (Å²) in [7, 11) is 5.78. The van der Waals surface area contributed by atoms with E-state index in [0.717, 1.165) is 61.6 Å². The Balaban J connectivity index is 2.61. The number of phenols is 2. The van der Waals surface area contributed by atoms with Crippen LogP contribution in [0.3, 0.4) is 0 Å². The molecule has 0 bridgehead atoms. The van der Waals surface area contributed by atoms with Crippen LogP contribution in [0.25, 0.3) is 22.3 Å². The topological polar surface area (TPSA) is 76.5 Å². The van der Waals surface area contributed by atoms with E-state index in [1.165, 1.54) is 0 Å². The van der Waals surface area contributed by atoms with Gasteiger partial charge in [0.05, 0.1) is 17.1 Å². The predicted molar refractivity (Wildman–Crippen MR) is 183 cm³/mol. The van der Waals surface area contributed by atoms with E-state index >= 15 is 0 Å². The van der Waals surface area contributed by atoms with E-state index in [2.05, 4.69) is 129 Å². The van der Waals surface area contributed by atoms with E-state index in [9.17, 15) is 10.2 Å². The lowest BCUT2D eigenvalue weighted by Crippen LogP contribution is -2.18. The van der Waals surface area contributed by atoms with Gasteiger partial charge in [-0.05, 0) is 57.1 Å². The number of hydrogen-bond acceptors (Lipinski definition) is 5. The maximum Gasteiger partial charge on any atom is 0.123 e. The molecule has 0 spiro atoms. The summed E-state index contributed by atoms with van der Waals surface area (Å²) in [5.74, 6) is 0.713. The molecule has 0 saturated heterocycles. The Bertz CT molecular complexity index is 1300. The molecule has 0 atom stereocenters. The molecule has 0 unspecified atom stereocenters. The van der Waals surface area contributed by atoms with Crippen molar-refractivity contribution in [1.29, 1.82) is 0 Å². The molecule has 3 rings (SSSR count). The summed E-state index contributed by atoms with van der Waals surface area (Å²) in [4.78, 5) is 0. The monoisotopic (exact) mass is 572 g/mol. The Kier molecular flexibility index (Phi) is 8.73. The largest absolute Gasteiger partial charge is 0.507 e. The predicted octanol–water partition coefficient (Wildman–Crippen LogP) is 9.55.